The number of thioether (sulfide) groups is 1. The molecule has 2 rings (SSSR count). The topological polar surface area (TPSA) is 39.7 Å². The van der Waals surface area contributed by atoms with Crippen LogP contribution in [0.1, 0.15) is 19.4 Å². The van der Waals surface area contributed by atoms with E-state index in [0.29, 0.717) is 5.75 Å². The Morgan fingerprint density at radius 1 is 1.37 bits per heavy atom. The van der Waals surface area contributed by atoms with E-state index in [9.17, 15) is 0 Å². The highest BCUT2D eigenvalue weighted by Crippen LogP contribution is 2.41. The number of hydrogen-bond acceptors (Lipinski definition) is 5. The first-order chi connectivity index (χ1) is 9.05. The van der Waals surface area contributed by atoms with Gasteiger partial charge in [0.2, 0.25) is 12.5 Å². The van der Waals surface area contributed by atoms with E-state index in [1.807, 2.05) is 23.9 Å². The van der Waals surface area contributed by atoms with Gasteiger partial charge in [-0.3, -0.25) is 0 Å². The Labute approximate surface area is 118 Å². The van der Waals surface area contributed by atoms with Gasteiger partial charge in [0.15, 0.2) is 11.5 Å². The summed E-state index contributed by atoms with van der Waals surface area (Å²) < 4.78 is 16.4. The Balaban J connectivity index is 2.02. The van der Waals surface area contributed by atoms with Gasteiger partial charge in [-0.15, -0.1) is 0 Å². The first-order valence-electron chi connectivity index (χ1n) is 6.28. The van der Waals surface area contributed by atoms with Gasteiger partial charge in [-0.25, -0.2) is 0 Å². The monoisotopic (exact) mass is 283 g/mol. The van der Waals surface area contributed by atoms with E-state index >= 15 is 0 Å². The van der Waals surface area contributed by atoms with Crippen molar-refractivity contribution in [3.05, 3.63) is 17.7 Å². The molecule has 0 saturated carbocycles. The van der Waals surface area contributed by atoms with Gasteiger partial charge in [0.1, 0.15) is 0 Å². The number of methoxy groups -OCH3 is 1. The van der Waals surface area contributed by atoms with Gasteiger partial charge in [-0.05, 0) is 37.8 Å². The van der Waals surface area contributed by atoms with Crippen molar-refractivity contribution in [3.8, 4) is 17.2 Å². The molecule has 19 heavy (non-hydrogen) atoms. The van der Waals surface area contributed by atoms with Crippen LogP contribution in [0.5, 0.6) is 17.2 Å². The molecule has 0 amide bonds. The Morgan fingerprint density at radius 2 is 2.16 bits per heavy atom. The molecule has 5 heteroatoms. The van der Waals surface area contributed by atoms with Crippen LogP contribution in [0.2, 0.25) is 0 Å². The molecule has 1 aromatic rings. The van der Waals surface area contributed by atoms with Gasteiger partial charge in [-0.2, -0.15) is 11.8 Å². The Hall–Kier alpha value is -1.07. The van der Waals surface area contributed by atoms with Crippen LogP contribution in [0, 0.1) is 0 Å². The molecule has 4 nitrogen and oxygen atoms in total. The Morgan fingerprint density at radius 3 is 2.84 bits per heavy atom. The molecule has 1 aliphatic rings. The van der Waals surface area contributed by atoms with Crippen LogP contribution in [0.3, 0.4) is 0 Å². The molecule has 1 aliphatic heterocycles. The molecule has 0 bridgehead atoms. The third-order valence-corrected chi connectivity index (χ3v) is 4.40. The summed E-state index contributed by atoms with van der Waals surface area (Å²) in [4.78, 5) is 0. The van der Waals surface area contributed by atoms with E-state index in [1.165, 1.54) is 0 Å². The molecule has 0 aliphatic carbocycles. The lowest BCUT2D eigenvalue weighted by molar-refractivity contribution is 0.171. The van der Waals surface area contributed by atoms with Crippen LogP contribution in [0.15, 0.2) is 12.1 Å². The zero-order valence-corrected chi connectivity index (χ0v) is 12.7. The molecular weight excluding hydrogens is 262 g/mol. The van der Waals surface area contributed by atoms with Crippen molar-refractivity contribution in [3.63, 3.8) is 0 Å². The fraction of sp³-hybridized carbons (Fsp3) is 0.571. The molecule has 106 valence electrons. The highest BCUT2D eigenvalue weighted by Gasteiger charge is 2.20. The number of hydrogen-bond donors (Lipinski definition) is 1. The summed E-state index contributed by atoms with van der Waals surface area (Å²) in [7, 11) is 1.64. The van der Waals surface area contributed by atoms with E-state index in [0.717, 1.165) is 30.2 Å². The fourth-order valence-corrected chi connectivity index (χ4v) is 2.11. The van der Waals surface area contributed by atoms with E-state index in [2.05, 4.69) is 25.4 Å². The van der Waals surface area contributed by atoms with Crippen molar-refractivity contribution >= 4 is 11.8 Å². The summed E-state index contributed by atoms with van der Waals surface area (Å²) in [6.07, 6.45) is 2.13. The maximum absolute atomic E-state index is 5.42. The molecule has 1 heterocycles. The second kappa shape index (κ2) is 5.92. The zero-order valence-electron chi connectivity index (χ0n) is 11.9. The molecule has 0 radical (unpaired) electrons. The largest absolute Gasteiger partial charge is 0.493 e. The normalized spacial score (nSPS) is 13.7. The number of fused-ring (bicyclic) bond motifs is 1. The summed E-state index contributed by atoms with van der Waals surface area (Å²) in [5, 5.41) is 3.46. The summed E-state index contributed by atoms with van der Waals surface area (Å²) in [6, 6.07) is 4.00. The summed E-state index contributed by atoms with van der Waals surface area (Å²) in [6.45, 7) is 6.46. The molecule has 1 aromatic carbocycles. The summed E-state index contributed by atoms with van der Waals surface area (Å²) in [5.74, 6) is 2.20. The SMILES string of the molecule is COc1cc(CNCC(C)(C)SC)cc2c1OCO2. The van der Waals surface area contributed by atoms with Gasteiger partial charge < -0.3 is 19.5 Å². The highest BCUT2D eigenvalue weighted by atomic mass is 32.2. The van der Waals surface area contributed by atoms with Crippen molar-refractivity contribution in [2.45, 2.75) is 25.1 Å². The van der Waals surface area contributed by atoms with Crippen molar-refractivity contribution in [1.82, 2.24) is 5.32 Å². The molecule has 0 unspecified atom stereocenters. The molecule has 0 spiro atoms. The summed E-state index contributed by atoms with van der Waals surface area (Å²) >= 11 is 1.86. The molecule has 0 atom stereocenters. The molecule has 0 fully saturated rings. The predicted molar refractivity (Wildman–Crippen MR) is 78.4 cm³/mol. The summed E-state index contributed by atoms with van der Waals surface area (Å²) in [5.41, 5.74) is 1.14. The fourth-order valence-electron chi connectivity index (χ4n) is 1.87. The Bertz CT molecular complexity index is 449. The van der Waals surface area contributed by atoms with E-state index in [1.54, 1.807) is 7.11 Å². The lowest BCUT2D eigenvalue weighted by Crippen LogP contribution is -2.31. The molecular formula is C14H21NO3S. The minimum atomic E-state index is 0.237. The quantitative estimate of drug-likeness (QED) is 0.869. The number of ether oxygens (including phenoxy) is 3. The maximum atomic E-state index is 5.42. The first-order valence-corrected chi connectivity index (χ1v) is 7.50. The molecule has 0 saturated heterocycles. The molecule has 1 N–H and O–H groups in total. The van der Waals surface area contributed by atoms with Crippen LogP contribution >= 0.6 is 11.8 Å². The Kier molecular flexibility index (Phi) is 4.47. The van der Waals surface area contributed by atoms with Crippen molar-refractivity contribution in [2.24, 2.45) is 0 Å². The lowest BCUT2D eigenvalue weighted by Gasteiger charge is -2.22. The first kappa shape index (κ1) is 14.3. The van der Waals surface area contributed by atoms with E-state index in [-0.39, 0.29) is 11.5 Å². The van der Waals surface area contributed by atoms with Crippen molar-refractivity contribution in [2.75, 3.05) is 26.7 Å². The van der Waals surface area contributed by atoms with Gasteiger partial charge in [-0.1, -0.05) is 0 Å². The van der Waals surface area contributed by atoms with Gasteiger partial charge >= 0.3 is 0 Å². The van der Waals surface area contributed by atoms with Crippen molar-refractivity contribution < 1.29 is 14.2 Å². The average molecular weight is 283 g/mol. The number of nitrogens with one attached hydrogen (secondary N) is 1. The highest BCUT2D eigenvalue weighted by molar-refractivity contribution is 7.99. The number of benzene rings is 1. The van der Waals surface area contributed by atoms with Gasteiger partial charge in [0, 0.05) is 17.8 Å². The zero-order chi connectivity index (χ0) is 13.9. The standard InChI is InChI=1S/C14H21NO3S/c1-14(2,19-4)8-15-7-10-5-11(16-3)13-12(6-10)17-9-18-13/h5-6,15H,7-9H2,1-4H3. The third-order valence-electron chi connectivity index (χ3n) is 3.15. The van der Waals surface area contributed by atoms with Gasteiger partial charge in [0.25, 0.3) is 0 Å². The third kappa shape index (κ3) is 3.48. The van der Waals surface area contributed by atoms with Crippen LogP contribution in [0.25, 0.3) is 0 Å². The minimum absolute atomic E-state index is 0.237. The van der Waals surface area contributed by atoms with E-state index in [4.69, 9.17) is 14.2 Å². The second-order valence-electron chi connectivity index (χ2n) is 5.10. The number of rotatable bonds is 6. The average Bonchev–Trinajstić information content (AvgIpc) is 2.85. The molecule has 0 aromatic heterocycles. The second-order valence-corrected chi connectivity index (χ2v) is 6.61. The lowest BCUT2D eigenvalue weighted by atomic mass is 10.1. The van der Waals surface area contributed by atoms with Crippen molar-refractivity contribution in [1.29, 1.82) is 0 Å². The minimum Gasteiger partial charge on any atom is -0.493 e. The van der Waals surface area contributed by atoms with Crippen LogP contribution < -0.4 is 19.5 Å². The van der Waals surface area contributed by atoms with E-state index < -0.39 is 0 Å². The van der Waals surface area contributed by atoms with Gasteiger partial charge in [0.05, 0.1) is 7.11 Å². The predicted octanol–water partition coefficient (Wildman–Crippen LogP) is 2.66. The van der Waals surface area contributed by atoms with Crippen LogP contribution in [-0.2, 0) is 6.54 Å². The van der Waals surface area contributed by atoms with Crippen LogP contribution in [0.4, 0.5) is 0 Å². The smallest absolute Gasteiger partial charge is 0.231 e. The maximum Gasteiger partial charge on any atom is 0.231 e. The van der Waals surface area contributed by atoms with Crippen LogP contribution in [-0.4, -0.2) is 31.5 Å².